The molecule has 0 aliphatic carbocycles. The van der Waals surface area contributed by atoms with Crippen LogP contribution in [-0.4, -0.2) is 41.1 Å². The Hall–Kier alpha value is -0.690. The topological polar surface area (TPSA) is 84.7 Å². The summed E-state index contributed by atoms with van der Waals surface area (Å²) in [5.41, 5.74) is 0.853. The number of rotatable bonds is 7. The van der Waals surface area contributed by atoms with E-state index in [0.717, 1.165) is 5.56 Å². The van der Waals surface area contributed by atoms with Crippen molar-refractivity contribution >= 4 is 36.6 Å². The first-order valence-electron chi connectivity index (χ1n) is 7.14. The number of alkyl halides is 2. The van der Waals surface area contributed by atoms with Crippen LogP contribution in [-0.2, 0) is 9.09 Å². The molecular formula is C13H18Cl2N3O4P. The summed E-state index contributed by atoms with van der Waals surface area (Å²) in [6, 6.07) is 6.00. The van der Waals surface area contributed by atoms with Crippen LogP contribution >= 0.6 is 30.9 Å². The molecule has 0 aromatic heterocycles. The van der Waals surface area contributed by atoms with E-state index in [1.807, 2.05) is 0 Å². The van der Waals surface area contributed by atoms with E-state index in [-0.39, 0.29) is 11.7 Å². The molecule has 0 bridgehead atoms. The molecule has 1 aliphatic heterocycles. The Morgan fingerprint density at radius 2 is 1.91 bits per heavy atom. The normalized spacial score (nSPS) is 24.7. The zero-order valence-electron chi connectivity index (χ0n) is 12.4. The number of non-ortho nitro benzene ring substituents is 1. The smallest absolute Gasteiger partial charge is 0.306 e. The molecule has 23 heavy (non-hydrogen) atoms. The number of nitrogens with one attached hydrogen (secondary N) is 1. The molecule has 0 saturated carbocycles. The quantitative estimate of drug-likeness (QED) is 0.336. The Labute approximate surface area is 144 Å². The van der Waals surface area contributed by atoms with Crippen molar-refractivity contribution in [2.45, 2.75) is 12.5 Å². The van der Waals surface area contributed by atoms with Crippen molar-refractivity contribution < 1.29 is 14.0 Å². The van der Waals surface area contributed by atoms with Crippen LogP contribution in [0.2, 0.25) is 0 Å². The molecule has 0 unspecified atom stereocenters. The molecule has 2 rings (SSSR count). The molecule has 1 saturated heterocycles. The second-order valence-electron chi connectivity index (χ2n) is 5.00. The van der Waals surface area contributed by atoms with Crippen LogP contribution in [0.15, 0.2) is 24.3 Å². The van der Waals surface area contributed by atoms with Crippen LogP contribution in [0.1, 0.15) is 18.0 Å². The molecule has 7 nitrogen and oxygen atoms in total. The summed E-state index contributed by atoms with van der Waals surface area (Å²) in [5.74, 6) is 0.627. The van der Waals surface area contributed by atoms with Crippen LogP contribution in [0.3, 0.4) is 0 Å². The van der Waals surface area contributed by atoms with Gasteiger partial charge in [-0.25, -0.2) is 9.76 Å². The predicted octanol–water partition coefficient (Wildman–Crippen LogP) is 3.53. The van der Waals surface area contributed by atoms with Crippen LogP contribution in [0.5, 0.6) is 0 Å². The summed E-state index contributed by atoms with van der Waals surface area (Å²) in [7, 11) is -3.23. The van der Waals surface area contributed by atoms with Gasteiger partial charge >= 0.3 is 7.67 Å². The van der Waals surface area contributed by atoms with E-state index in [1.54, 1.807) is 16.8 Å². The predicted molar refractivity (Wildman–Crippen MR) is 90.2 cm³/mol. The van der Waals surface area contributed by atoms with E-state index in [1.165, 1.54) is 12.1 Å². The number of nitro benzene ring substituents is 1. The average molecular weight is 382 g/mol. The van der Waals surface area contributed by atoms with Crippen molar-refractivity contribution in [3.05, 3.63) is 39.9 Å². The molecule has 1 aliphatic rings. The van der Waals surface area contributed by atoms with Crippen LogP contribution in [0, 0.1) is 10.1 Å². The summed E-state index contributed by atoms with van der Waals surface area (Å²) < 4.78 is 20.2. The van der Waals surface area contributed by atoms with E-state index in [0.29, 0.717) is 37.9 Å². The first-order valence-corrected chi connectivity index (χ1v) is 9.79. The summed E-state index contributed by atoms with van der Waals surface area (Å²) in [4.78, 5) is 10.3. The van der Waals surface area contributed by atoms with Gasteiger partial charge in [-0.05, 0) is 12.0 Å². The van der Waals surface area contributed by atoms with Gasteiger partial charge in [0.15, 0.2) is 0 Å². The lowest BCUT2D eigenvalue weighted by atomic mass is 10.0. The Morgan fingerprint density at radius 1 is 1.30 bits per heavy atom. The lowest BCUT2D eigenvalue weighted by Crippen LogP contribution is -2.37. The molecule has 0 spiro atoms. The van der Waals surface area contributed by atoms with Gasteiger partial charge in [0.25, 0.3) is 5.69 Å². The largest absolute Gasteiger partial charge is 0.344 e. The van der Waals surface area contributed by atoms with Crippen LogP contribution < -0.4 is 5.09 Å². The molecule has 1 fully saturated rings. The molecule has 1 aromatic rings. The van der Waals surface area contributed by atoms with Gasteiger partial charge in [0.05, 0.1) is 11.5 Å². The molecule has 10 heteroatoms. The fraction of sp³-hybridized carbons (Fsp3) is 0.538. The number of hydrogen-bond donors (Lipinski definition) is 1. The van der Waals surface area contributed by atoms with Gasteiger partial charge in [-0.2, -0.15) is 0 Å². The molecule has 1 heterocycles. The molecule has 0 radical (unpaired) electrons. The Kier molecular flexibility index (Phi) is 6.83. The Morgan fingerprint density at radius 3 is 2.43 bits per heavy atom. The van der Waals surface area contributed by atoms with Gasteiger partial charge < -0.3 is 4.52 Å². The maximum Gasteiger partial charge on any atom is 0.344 e. The Balaban J connectivity index is 2.15. The number of nitrogens with zero attached hydrogens (tertiary/aromatic N) is 2. The lowest BCUT2D eigenvalue weighted by molar-refractivity contribution is -0.384. The van der Waals surface area contributed by atoms with Crippen LogP contribution in [0.4, 0.5) is 5.69 Å². The fourth-order valence-corrected chi connectivity index (χ4v) is 5.19. The van der Waals surface area contributed by atoms with Crippen molar-refractivity contribution in [1.29, 1.82) is 0 Å². The minimum absolute atomic E-state index is 0.0231. The van der Waals surface area contributed by atoms with E-state index in [2.05, 4.69) is 5.09 Å². The van der Waals surface area contributed by atoms with E-state index < -0.39 is 12.6 Å². The maximum atomic E-state index is 13.0. The number of benzene rings is 1. The van der Waals surface area contributed by atoms with Crippen molar-refractivity contribution in [2.75, 3.05) is 31.5 Å². The third-order valence-electron chi connectivity index (χ3n) is 3.56. The average Bonchev–Trinajstić information content (AvgIpc) is 2.55. The monoisotopic (exact) mass is 381 g/mol. The van der Waals surface area contributed by atoms with Crippen molar-refractivity contribution in [2.24, 2.45) is 0 Å². The van der Waals surface area contributed by atoms with Gasteiger partial charge in [0.1, 0.15) is 0 Å². The van der Waals surface area contributed by atoms with Gasteiger partial charge in [-0.1, -0.05) is 12.1 Å². The zero-order chi connectivity index (χ0) is 16.9. The molecular weight excluding hydrogens is 364 g/mol. The van der Waals surface area contributed by atoms with Gasteiger partial charge in [-0.3, -0.25) is 14.7 Å². The second kappa shape index (κ2) is 8.42. The molecule has 2 atom stereocenters. The summed E-state index contributed by atoms with van der Waals surface area (Å²) in [6.07, 6.45) is 0.622. The van der Waals surface area contributed by atoms with Crippen LogP contribution in [0.25, 0.3) is 0 Å². The molecule has 1 N–H and O–H groups in total. The number of halogens is 2. The third kappa shape index (κ3) is 4.66. The molecule has 0 amide bonds. The number of hydrogen-bond acceptors (Lipinski definition) is 4. The van der Waals surface area contributed by atoms with E-state index in [4.69, 9.17) is 27.7 Å². The highest BCUT2D eigenvalue weighted by molar-refractivity contribution is 7.54. The summed E-state index contributed by atoms with van der Waals surface area (Å²) in [5, 5.41) is 13.8. The van der Waals surface area contributed by atoms with Crippen molar-refractivity contribution in [3.8, 4) is 0 Å². The highest BCUT2D eigenvalue weighted by Crippen LogP contribution is 2.52. The number of nitro groups is 1. The summed E-state index contributed by atoms with van der Waals surface area (Å²) in [6.45, 7) is 1.12. The second-order valence-corrected chi connectivity index (χ2v) is 7.88. The minimum atomic E-state index is -3.23. The standard InChI is InChI=1S/C13H18Cl2N3O4P/c14-6-8-17(9-7-15)23(21)16-13(5-10-22-23)11-1-3-12(4-2-11)18(19)20/h1-4,13H,5-10H2,(H,16,21)/t13-,23-/m0/s1. The van der Waals surface area contributed by atoms with Gasteiger partial charge in [0, 0.05) is 43.0 Å². The lowest BCUT2D eigenvalue weighted by Gasteiger charge is -2.37. The first-order chi connectivity index (χ1) is 11.0. The van der Waals surface area contributed by atoms with Gasteiger partial charge in [0.2, 0.25) is 0 Å². The highest BCUT2D eigenvalue weighted by Gasteiger charge is 2.37. The van der Waals surface area contributed by atoms with E-state index >= 15 is 0 Å². The third-order valence-corrected chi connectivity index (χ3v) is 6.21. The Bertz CT molecular complexity index is 581. The van der Waals surface area contributed by atoms with Crippen molar-refractivity contribution in [3.63, 3.8) is 0 Å². The maximum absolute atomic E-state index is 13.0. The summed E-state index contributed by atoms with van der Waals surface area (Å²) >= 11 is 11.5. The zero-order valence-corrected chi connectivity index (χ0v) is 14.8. The first kappa shape index (κ1) is 18.6. The highest BCUT2D eigenvalue weighted by atomic mass is 35.5. The van der Waals surface area contributed by atoms with E-state index in [9.17, 15) is 14.7 Å². The van der Waals surface area contributed by atoms with Gasteiger partial charge in [-0.15, -0.1) is 23.2 Å². The van der Waals surface area contributed by atoms with Crippen molar-refractivity contribution in [1.82, 2.24) is 9.76 Å². The fourth-order valence-electron chi connectivity index (χ4n) is 2.40. The molecule has 1 aromatic carbocycles. The molecule has 128 valence electrons. The SMILES string of the molecule is O=[N+]([O-])c1ccc([C@@H]2CCO[P@](=O)(N(CCCl)CCCl)N2)cc1. The minimum Gasteiger partial charge on any atom is -0.306 e.